The molecule has 0 saturated carbocycles. The molecule has 70 valence electrons. The lowest BCUT2D eigenvalue weighted by atomic mass is 10.0. The van der Waals surface area contributed by atoms with Gasteiger partial charge in [0, 0.05) is 25.2 Å². The highest BCUT2D eigenvalue weighted by Crippen LogP contribution is 2.18. The van der Waals surface area contributed by atoms with Gasteiger partial charge in [0.25, 0.3) is 0 Å². The Morgan fingerprint density at radius 1 is 1.50 bits per heavy atom. The van der Waals surface area contributed by atoms with Gasteiger partial charge >= 0.3 is 0 Å². The second-order valence-electron chi connectivity index (χ2n) is 4.43. The fourth-order valence-electron chi connectivity index (χ4n) is 1.51. The predicted octanol–water partition coefficient (Wildman–Crippen LogP) is 1.38. The Bertz CT molecular complexity index is 177. The SMILES string of the molecule is CC(C)(C)N1CC=C(CN)CC1. The molecule has 2 nitrogen and oxygen atoms in total. The molecule has 0 fully saturated rings. The van der Waals surface area contributed by atoms with Gasteiger partial charge < -0.3 is 5.73 Å². The van der Waals surface area contributed by atoms with Crippen molar-refractivity contribution in [2.45, 2.75) is 32.7 Å². The van der Waals surface area contributed by atoms with Crippen LogP contribution in [0.4, 0.5) is 0 Å². The smallest absolute Gasteiger partial charge is 0.0171 e. The summed E-state index contributed by atoms with van der Waals surface area (Å²) in [4.78, 5) is 2.48. The van der Waals surface area contributed by atoms with E-state index >= 15 is 0 Å². The van der Waals surface area contributed by atoms with Crippen molar-refractivity contribution < 1.29 is 0 Å². The Balaban J connectivity index is 2.52. The molecule has 0 aromatic heterocycles. The van der Waals surface area contributed by atoms with Crippen LogP contribution in [0, 0.1) is 0 Å². The molecule has 0 bridgehead atoms. The molecular formula is C10H20N2. The third-order valence-electron chi connectivity index (χ3n) is 2.51. The van der Waals surface area contributed by atoms with E-state index in [1.165, 1.54) is 5.57 Å². The zero-order valence-electron chi connectivity index (χ0n) is 8.43. The summed E-state index contributed by atoms with van der Waals surface area (Å²) < 4.78 is 0. The Hall–Kier alpha value is -0.340. The first-order chi connectivity index (χ1) is 5.54. The molecule has 0 unspecified atom stereocenters. The minimum absolute atomic E-state index is 0.302. The fourth-order valence-corrected chi connectivity index (χ4v) is 1.51. The van der Waals surface area contributed by atoms with Crippen LogP contribution in [0.3, 0.4) is 0 Å². The van der Waals surface area contributed by atoms with Crippen LogP contribution in [0.25, 0.3) is 0 Å². The molecule has 0 aromatic carbocycles. The lowest BCUT2D eigenvalue weighted by molar-refractivity contribution is 0.149. The number of hydrogen-bond acceptors (Lipinski definition) is 2. The minimum atomic E-state index is 0.302. The maximum absolute atomic E-state index is 5.57. The summed E-state index contributed by atoms with van der Waals surface area (Å²) in [5.41, 5.74) is 7.29. The first-order valence-corrected chi connectivity index (χ1v) is 4.67. The van der Waals surface area contributed by atoms with Gasteiger partial charge in [-0.25, -0.2) is 0 Å². The van der Waals surface area contributed by atoms with E-state index in [9.17, 15) is 0 Å². The van der Waals surface area contributed by atoms with Gasteiger partial charge in [-0.15, -0.1) is 0 Å². The van der Waals surface area contributed by atoms with Crippen LogP contribution in [0.2, 0.25) is 0 Å². The Kier molecular flexibility index (Phi) is 2.91. The van der Waals surface area contributed by atoms with E-state index in [1.807, 2.05) is 0 Å². The van der Waals surface area contributed by atoms with Crippen LogP contribution in [-0.4, -0.2) is 30.1 Å². The Morgan fingerprint density at radius 2 is 2.17 bits per heavy atom. The number of nitrogens with zero attached hydrogens (tertiary/aromatic N) is 1. The maximum Gasteiger partial charge on any atom is 0.0171 e. The summed E-state index contributed by atoms with van der Waals surface area (Å²) in [6.07, 6.45) is 3.42. The summed E-state index contributed by atoms with van der Waals surface area (Å²) >= 11 is 0. The second kappa shape index (κ2) is 3.58. The predicted molar refractivity (Wildman–Crippen MR) is 53.1 cm³/mol. The van der Waals surface area contributed by atoms with Gasteiger partial charge in [-0.3, -0.25) is 4.90 Å². The zero-order valence-corrected chi connectivity index (χ0v) is 8.43. The molecule has 2 heteroatoms. The lowest BCUT2D eigenvalue weighted by Gasteiger charge is -2.37. The molecule has 1 aliphatic heterocycles. The standard InChI is InChI=1S/C10H20N2/c1-10(2,3)12-6-4-9(8-11)5-7-12/h4H,5-8,11H2,1-3H3. The highest BCUT2D eigenvalue weighted by molar-refractivity contribution is 5.09. The third-order valence-corrected chi connectivity index (χ3v) is 2.51. The molecule has 0 amide bonds. The van der Waals surface area contributed by atoms with Gasteiger partial charge in [-0.1, -0.05) is 11.6 Å². The van der Waals surface area contributed by atoms with E-state index in [4.69, 9.17) is 5.73 Å². The van der Waals surface area contributed by atoms with Crippen molar-refractivity contribution in [1.29, 1.82) is 0 Å². The molecule has 0 aromatic rings. The first kappa shape index (κ1) is 9.75. The van der Waals surface area contributed by atoms with Crippen LogP contribution in [0.5, 0.6) is 0 Å². The van der Waals surface area contributed by atoms with Crippen molar-refractivity contribution in [2.75, 3.05) is 19.6 Å². The van der Waals surface area contributed by atoms with Crippen molar-refractivity contribution in [2.24, 2.45) is 5.73 Å². The average molecular weight is 168 g/mol. The highest BCUT2D eigenvalue weighted by atomic mass is 15.2. The van der Waals surface area contributed by atoms with Crippen LogP contribution >= 0.6 is 0 Å². The van der Waals surface area contributed by atoms with Crippen molar-refractivity contribution in [1.82, 2.24) is 4.90 Å². The minimum Gasteiger partial charge on any atom is -0.327 e. The van der Waals surface area contributed by atoms with Gasteiger partial charge in [0.1, 0.15) is 0 Å². The molecule has 1 aliphatic rings. The van der Waals surface area contributed by atoms with Gasteiger partial charge in [-0.2, -0.15) is 0 Å². The van der Waals surface area contributed by atoms with E-state index in [0.717, 1.165) is 26.1 Å². The largest absolute Gasteiger partial charge is 0.327 e. The normalized spacial score (nSPS) is 20.8. The monoisotopic (exact) mass is 168 g/mol. The molecule has 12 heavy (non-hydrogen) atoms. The molecule has 0 aliphatic carbocycles. The van der Waals surface area contributed by atoms with Gasteiger partial charge in [0.2, 0.25) is 0 Å². The third kappa shape index (κ3) is 2.32. The molecule has 1 rings (SSSR count). The molecular weight excluding hydrogens is 148 g/mol. The summed E-state index contributed by atoms with van der Waals surface area (Å²) in [6.45, 7) is 9.73. The van der Waals surface area contributed by atoms with E-state index < -0.39 is 0 Å². The molecule has 0 radical (unpaired) electrons. The van der Waals surface area contributed by atoms with Gasteiger partial charge in [0.15, 0.2) is 0 Å². The van der Waals surface area contributed by atoms with Crippen LogP contribution in [-0.2, 0) is 0 Å². The zero-order chi connectivity index (χ0) is 9.19. The molecule has 1 heterocycles. The average Bonchev–Trinajstić information content (AvgIpc) is 2.03. The number of hydrogen-bond donors (Lipinski definition) is 1. The number of rotatable bonds is 1. The van der Waals surface area contributed by atoms with Crippen molar-refractivity contribution in [3.05, 3.63) is 11.6 Å². The molecule has 0 atom stereocenters. The quantitative estimate of drug-likeness (QED) is 0.599. The highest BCUT2D eigenvalue weighted by Gasteiger charge is 2.22. The van der Waals surface area contributed by atoms with E-state index in [2.05, 4.69) is 31.7 Å². The number of nitrogens with two attached hydrogens (primary N) is 1. The Labute approximate surface area is 75.4 Å². The second-order valence-corrected chi connectivity index (χ2v) is 4.43. The van der Waals surface area contributed by atoms with Crippen LogP contribution in [0.15, 0.2) is 11.6 Å². The topological polar surface area (TPSA) is 29.3 Å². The molecule has 0 spiro atoms. The summed E-state index contributed by atoms with van der Waals surface area (Å²) in [5.74, 6) is 0. The van der Waals surface area contributed by atoms with E-state index in [-0.39, 0.29) is 0 Å². The summed E-state index contributed by atoms with van der Waals surface area (Å²) in [6, 6.07) is 0. The first-order valence-electron chi connectivity index (χ1n) is 4.67. The fraction of sp³-hybridized carbons (Fsp3) is 0.800. The van der Waals surface area contributed by atoms with Crippen molar-refractivity contribution in [3.8, 4) is 0 Å². The van der Waals surface area contributed by atoms with Crippen molar-refractivity contribution in [3.63, 3.8) is 0 Å². The maximum atomic E-state index is 5.57. The lowest BCUT2D eigenvalue weighted by Crippen LogP contribution is -2.44. The summed E-state index contributed by atoms with van der Waals surface area (Å²) in [5, 5.41) is 0. The summed E-state index contributed by atoms with van der Waals surface area (Å²) in [7, 11) is 0. The van der Waals surface area contributed by atoms with E-state index in [1.54, 1.807) is 0 Å². The molecule has 0 saturated heterocycles. The van der Waals surface area contributed by atoms with Gasteiger partial charge in [-0.05, 0) is 27.2 Å². The van der Waals surface area contributed by atoms with Crippen LogP contribution in [0.1, 0.15) is 27.2 Å². The Morgan fingerprint density at radius 3 is 2.50 bits per heavy atom. The van der Waals surface area contributed by atoms with E-state index in [0.29, 0.717) is 5.54 Å². The van der Waals surface area contributed by atoms with Crippen molar-refractivity contribution >= 4 is 0 Å². The van der Waals surface area contributed by atoms with Gasteiger partial charge in [0.05, 0.1) is 0 Å². The van der Waals surface area contributed by atoms with Crippen LogP contribution < -0.4 is 5.73 Å². The molecule has 2 N–H and O–H groups in total.